The Hall–Kier alpha value is -0.0500. The maximum absolute atomic E-state index is 11.2. The summed E-state index contributed by atoms with van der Waals surface area (Å²) in [6.45, 7) is 0. The number of carboxylic acid groups (broad SMARTS) is 1. The van der Waals surface area contributed by atoms with Gasteiger partial charge in [0.15, 0.2) is 0 Å². The zero-order valence-corrected chi connectivity index (χ0v) is 9.66. The Labute approximate surface area is 92.2 Å². The molecule has 78 valence electrons. The van der Waals surface area contributed by atoms with E-state index in [1.807, 2.05) is 0 Å². The number of rotatable bonds is 1. The van der Waals surface area contributed by atoms with E-state index < -0.39 is 5.97 Å². The topological polar surface area (TPSA) is 37.3 Å². The lowest BCUT2D eigenvalue weighted by Gasteiger charge is -2.56. The number of hydrogen-bond acceptors (Lipinski definition) is 1. The minimum atomic E-state index is -0.546. The molecule has 4 rings (SSSR count). The van der Waals surface area contributed by atoms with Gasteiger partial charge in [-0.15, -0.1) is 0 Å². The van der Waals surface area contributed by atoms with Crippen molar-refractivity contribution in [3.63, 3.8) is 0 Å². The van der Waals surface area contributed by atoms with Gasteiger partial charge in [0.05, 0.1) is 5.92 Å². The molecule has 0 aromatic heterocycles. The first kappa shape index (κ1) is 9.20. The number of alkyl halides is 1. The Bertz CT molecular complexity index is 273. The molecule has 0 radical (unpaired) electrons. The van der Waals surface area contributed by atoms with Gasteiger partial charge in [0.25, 0.3) is 0 Å². The van der Waals surface area contributed by atoms with Crippen molar-refractivity contribution in [2.75, 3.05) is 0 Å². The molecule has 0 aromatic carbocycles. The number of halogens is 1. The fraction of sp³-hybridized carbons (Fsp3) is 0.909. The van der Waals surface area contributed by atoms with Crippen LogP contribution in [-0.4, -0.2) is 15.4 Å². The average molecular weight is 259 g/mol. The van der Waals surface area contributed by atoms with E-state index in [0.717, 1.165) is 18.8 Å². The standard InChI is InChI=1S/C11H15BrO2/c12-11-3-6-1-7(4-11)9(10(13)14)8(2-6)5-11/h6-9H,1-5H2,(H,13,14). The van der Waals surface area contributed by atoms with Gasteiger partial charge in [-0.3, -0.25) is 4.79 Å². The van der Waals surface area contributed by atoms with Crippen LogP contribution < -0.4 is 0 Å². The Balaban J connectivity index is 1.93. The molecule has 4 fully saturated rings. The van der Waals surface area contributed by atoms with Crippen LogP contribution in [0.2, 0.25) is 0 Å². The second-order valence-electron chi connectivity index (χ2n) is 5.48. The predicted molar refractivity (Wildman–Crippen MR) is 56.3 cm³/mol. The molecule has 0 aliphatic heterocycles. The summed E-state index contributed by atoms with van der Waals surface area (Å²) < 4.78 is 0.315. The second kappa shape index (κ2) is 2.75. The van der Waals surface area contributed by atoms with Crippen molar-refractivity contribution < 1.29 is 9.90 Å². The van der Waals surface area contributed by atoms with Crippen molar-refractivity contribution in [3.8, 4) is 0 Å². The number of aliphatic carboxylic acids is 1. The summed E-state index contributed by atoms with van der Waals surface area (Å²) in [5.41, 5.74) is 0. The highest BCUT2D eigenvalue weighted by atomic mass is 79.9. The normalized spacial score (nSPS) is 54.9. The summed E-state index contributed by atoms with van der Waals surface area (Å²) >= 11 is 3.84. The summed E-state index contributed by atoms with van der Waals surface area (Å²) in [6.07, 6.45) is 5.81. The van der Waals surface area contributed by atoms with E-state index in [1.165, 1.54) is 19.3 Å². The predicted octanol–water partition coefficient (Wildman–Crippen LogP) is 2.66. The van der Waals surface area contributed by atoms with Crippen LogP contribution in [0.25, 0.3) is 0 Å². The summed E-state index contributed by atoms with van der Waals surface area (Å²) in [5.74, 6) is 1.14. The maximum atomic E-state index is 11.2. The molecular weight excluding hydrogens is 244 g/mol. The monoisotopic (exact) mass is 258 g/mol. The highest BCUT2D eigenvalue weighted by Crippen LogP contribution is 2.61. The van der Waals surface area contributed by atoms with Crippen LogP contribution in [0.3, 0.4) is 0 Å². The zero-order valence-electron chi connectivity index (χ0n) is 8.08. The molecule has 3 heteroatoms. The van der Waals surface area contributed by atoms with Crippen molar-refractivity contribution >= 4 is 21.9 Å². The minimum absolute atomic E-state index is 0.0303. The van der Waals surface area contributed by atoms with Crippen molar-refractivity contribution in [2.24, 2.45) is 23.7 Å². The molecule has 2 nitrogen and oxygen atoms in total. The zero-order chi connectivity index (χ0) is 9.92. The van der Waals surface area contributed by atoms with Crippen LogP contribution in [0.5, 0.6) is 0 Å². The quantitative estimate of drug-likeness (QED) is 0.735. The molecule has 4 aliphatic carbocycles. The largest absolute Gasteiger partial charge is 0.481 e. The van der Waals surface area contributed by atoms with Gasteiger partial charge < -0.3 is 5.11 Å². The fourth-order valence-electron chi connectivity index (χ4n) is 4.33. The molecule has 0 heterocycles. The summed E-state index contributed by atoms with van der Waals surface area (Å²) in [7, 11) is 0. The second-order valence-corrected chi connectivity index (χ2v) is 7.17. The molecule has 0 aromatic rings. The first-order valence-electron chi connectivity index (χ1n) is 5.49. The lowest BCUT2D eigenvalue weighted by atomic mass is 9.52. The van der Waals surface area contributed by atoms with Crippen molar-refractivity contribution in [2.45, 2.75) is 36.4 Å². The lowest BCUT2D eigenvalue weighted by Crippen LogP contribution is -2.53. The lowest BCUT2D eigenvalue weighted by molar-refractivity contribution is -0.154. The Kier molecular flexibility index (Phi) is 1.80. The van der Waals surface area contributed by atoms with E-state index in [-0.39, 0.29) is 5.92 Å². The van der Waals surface area contributed by atoms with Crippen LogP contribution in [0.15, 0.2) is 0 Å². The van der Waals surface area contributed by atoms with Gasteiger partial charge in [-0.1, -0.05) is 15.9 Å². The van der Waals surface area contributed by atoms with Gasteiger partial charge in [0, 0.05) is 4.32 Å². The molecule has 14 heavy (non-hydrogen) atoms. The Morgan fingerprint density at radius 2 is 1.79 bits per heavy atom. The third kappa shape index (κ3) is 1.17. The van der Waals surface area contributed by atoms with Gasteiger partial charge in [-0.2, -0.15) is 0 Å². The highest BCUT2D eigenvalue weighted by molar-refractivity contribution is 9.10. The van der Waals surface area contributed by atoms with Crippen LogP contribution in [0.1, 0.15) is 32.1 Å². The third-order valence-electron chi connectivity index (χ3n) is 4.48. The van der Waals surface area contributed by atoms with E-state index in [2.05, 4.69) is 15.9 Å². The highest BCUT2D eigenvalue weighted by Gasteiger charge is 2.56. The smallest absolute Gasteiger partial charge is 0.307 e. The first-order chi connectivity index (χ1) is 6.57. The molecular formula is C11H15BrO2. The van der Waals surface area contributed by atoms with E-state index in [0.29, 0.717) is 16.2 Å². The van der Waals surface area contributed by atoms with Gasteiger partial charge in [0.2, 0.25) is 0 Å². The average Bonchev–Trinajstić information content (AvgIpc) is 1.97. The molecule has 0 spiro atoms. The molecule has 4 saturated carbocycles. The fourth-order valence-corrected chi connectivity index (χ4v) is 5.62. The molecule has 4 bridgehead atoms. The molecule has 1 N–H and O–H groups in total. The summed E-state index contributed by atoms with van der Waals surface area (Å²) in [6, 6.07) is 0. The van der Waals surface area contributed by atoms with Crippen molar-refractivity contribution in [1.29, 1.82) is 0 Å². The molecule has 2 atom stereocenters. The molecule has 2 unspecified atom stereocenters. The van der Waals surface area contributed by atoms with E-state index in [4.69, 9.17) is 0 Å². The van der Waals surface area contributed by atoms with Crippen LogP contribution in [0, 0.1) is 23.7 Å². The first-order valence-corrected chi connectivity index (χ1v) is 6.28. The SMILES string of the molecule is O=C(O)C1C2CC3CC1CC(Br)(C3)C2. The number of carbonyl (C=O) groups is 1. The molecule has 0 saturated heterocycles. The van der Waals surface area contributed by atoms with Gasteiger partial charge in [-0.25, -0.2) is 0 Å². The van der Waals surface area contributed by atoms with E-state index >= 15 is 0 Å². The Morgan fingerprint density at radius 3 is 2.21 bits per heavy atom. The van der Waals surface area contributed by atoms with Crippen LogP contribution in [-0.2, 0) is 4.79 Å². The number of carboxylic acids is 1. The van der Waals surface area contributed by atoms with Crippen LogP contribution in [0.4, 0.5) is 0 Å². The van der Waals surface area contributed by atoms with Gasteiger partial charge >= 0.3 is 5.97 Å². The minimum Gasteiger partial charge on any atom is -0.481 e. The summed E-state index contributed by atoms with van der Waals surface area (Å²) in [4.78, 5) is 11.2. The van der Waals surface area contributed by atoms with Crippen molar-refractivity contribution in [1.82, 2.24) is 0 Å². The molecule has 0 amide bonds. The Morgan fingerprint density at radius 1 is 1.21 bits per heavy atom. The van der Waals surface area contributed by atoms with E-state index in [9.17, 15) is 9.90 Å². The maximum Gasteiger partial charge on any atom is 0.307 e. The van der Waals surface area contributed by atoms with Gasteiger partial charge in [-0.05, 0) is 49.9 Å². The van der Waals surface area contributed by atoms with Crippen molar-refractivity contribution in [3.05, 3.63) is 0 Å². The van der Waals surface area contributed by atoms with Crippen LogP contribution >= 0.6 is 15.9 Å². The molecule has 4 aliphatic rings. The number of hydrogen-bond donors (Lipinski definition) is 1. The van der Waals surface area contributed by atoms with Gasteiger partial charge in [0.1, 0.15) is 0 Å². The summed E-state index contributed by atoms with van der Waals surface area (Å²) in [5, 5.41) is 9.21. The van der Waals surface area contributed by atoms with E-state index in [1.54, 1.807) is 0 Å². The third-order valence-corrected chi connectivity index (χ3v) is 5.45.